The van der Waals surface area contributed by atoms with Gasteiger partial charge in [0.1, 0.15) is 0 Å². The van der Waals surface area contributed by atoms with Crippen LogP contribution < -0.4 is 10.6 Å². The Balaban J connectivity index is 1.84. The van der Waals surface area contributed by atoms with E-state index in [2.05, 4.69) is 28.1 Å². The number of hydrogen-bond acceptors (Lipinski definition) is 4. The van der Waals surface area contributed by atoms with Gasteiger partial charge in [-0.25, -0.2) is 0 Å². The van der Waals surface area contributed by atoms with Crippen LogP contribution in [0.4, 0.5) is 5.82 Å². The van der Waals surface area contributed by atoms with E-state index in [9.17, 15) is 0 Å². The van der Waals surface area contributed by atoms with Crippen LogP contribution in [0.5, 0.6) is 0 Å². The first-order valence-corrected chi connectivity index (χ1v) is 6.08. The lowest BCUT2D eigenvalue weighted by Crippen LogP contribution is -2.56. The van der Waals surface area contributed by atoms with Crippen LogP contribution in [0.25, 0.3) is 0 Å². The fourth-order valence-corrected chi connectivity index (χ4v) is 2.55. The van der Waals surface area contributed by atoms with E-state index in [0.717, 1.165) is 37.7 Å². The van der Waals surface area contributed by atoms with Gasteiger partial charge in [0.05, 0.1) is 5.69 Å². The summed E-state index contributed by atoms with van der Waals surface area (Å²) in [6.07, 6.45) is 3.48. The molecule has 1 atom stereocenters. The summed E-state index contributed by atoms with van der Waals surface area (Å²) in [5.74, 6) is 1.79. The molecule has 0 amide bonds. The predicted molar refractivity (Wildman–Crippen MR) is 63.4 cm³/mol. The molecule has 86 valence electrons. The molecule has 0 radical (unpaired) electrons. The topological polar surface area (TPSA) is 55.0 Å². The monoisotopic (exact) mass is 218 g/mol. The molecule has 2 aliphatic rings. The predicted octanol–water partition coefficient (Wildman–Crippen LogP) is 0.749. The molecule has 0 saturated carbocycles. The molecule has 4 nitrogen and oxygen atoms in total. The fraction of sp³-hybridized carbons (Fsp3) is 0.667. The van der Waals surface area contributed by atoms with Gasteiger partial charge in [-0.05, 0) is 36.8 Å². The maximum atomic E-state index is 5.78. The highest BCUT2D eigenvalue weighted by Crippen LogP contribution is 2.26. The maximum Gasteiger partial charge on any atom is 0.151 e. The van der Waals surface area contributed by atoms with Crippen LogP contribution in [0.2, 0.25) is 0 Å². The smallest absolute Gasteiger partial charge is 0.151 e. The molecule has 0 spiro atoms. The lowest BCUT2D eigenvalue weighted by Gasteiger charge is -2.38. The number of nitrogens with zero attached hydrogens (tertiary/aromatic N) is 3. The summed E-state index contributed by atoms with van der Waals surface area (Å²) in [6, 6.07) is 2.53. The number of hydrogen-bond donors (Lipinski definition) is 1. The van der Waals surface area contributed by atoms with Crippen molar-refractivity contribution in [3.05, 3.63) is 17.3 Å². The van der Waals surface area contributed by atoms with Crippen LogP contribution in [0.15, 0.2) is 6.07 Å². The third-order valence-electron chi connectivity index (χ3n) is 3.62. The minimum atomic E-state index is 0.316. The number of aryl methyl sites for hydroxylation is 1. The fourth-order valence-electron chi connectivity index (χ4n) is 2.55. The Labute approximate surface area is 95.8 Å². The Bertz CT molecular complexity index is 398. The van der Waals surface area contributed by atoms with Crippen LogP contribution in [0, 0.1) is 5.92 Å². The SMILES string of the molecule is C[C@H]1CCc2nnc(N3CC(N)C3)cc2C1. The Morgan fingerprint density at radius 1 is 1.38 bits per heavy atom. The third-order valence-corrected chi connectivity index (χ3v) is 3.62. The van der Waals surface area contributed by atoms with Gasteiger partial charge in [0.2, 0.25) is 0 Å². The van der Waals surface area contributed by atoms with Crippen molar-refractivity contribution in [3.8, 4) is 0 Å². The minimum Gasteiger partial charge on any atom is -0.352 e. The van der Waals surface area contributed by atoms with Crippen molar-refractivity contribution in [3.63, 3.8) is 0 Å². The molecule has 1 fully saturated rings. The zero-order valence-electron chi connectivity index (χ0n) is 9.69. The molecule has 1 aromatic heterocycles. The molecule has 16 heavy (non-hydrogen) atoms. The molecular formula is C12H18N4. The highest BCUT2D eigenvalue weighted by Gasteiger charge is 2.26. The van der Waals surface area contributed by atoms with Crippen molar-refractivity contribution >= 4 is 5.82 Å². The first kappa shape index (κ1) is 10.0. The second-order valence-corrected chi connectivity index (χ2v) is 5.19. The molecule has 1 aliphatic heterocycles. The Morgan fingerprint density at radius 2 is 2.19 bits per heavy atom. The molecule has 0 unspecified atom stereocenters. The molecule has 4 heteroatoms. The van der Waals surface area contributed by atoms with E-state index in [1.807, 2.05) is 0 Å². The van der Waals surface area contributed by atoms with Crippen molar-refractivity contribution in [2.24, 2.45) is 11.7 Å². The second-order valence-electron chi connectivity index (χ2n) is 5.19. The zero-order valence-corrected chi connectivity index (χ0v) is 9.69. The van der Waals surface area contributed by atoms with Crippen molar-refractivity contribution in [1.29, 1.82) is 0 Å². The Kier molecular flexibility index (Phi) is 2.32. The summed E-state index contributed by atoms with van der Waals surface area (Å²) in [5, 5.41) is 8.64. The van der Waals surface area contributed by atoms with Gasteiger partial charge in [0.15, 0.2) is 5.82 Å². The van der Waals surface area contributed by atoms with E-state index >= 15 is 0 Å². The highest BCUT2D eigenvalue weighted by molar-refractivity contribution is 5.45. The normalized spacial score (nSPS) is 25.1. The van der Waals surface area contributed by atoms with Crippen LogP contribution in [0.3, 0.4) is 0 Å². The van der Waals surface area contributed by atoms with Gasteiger partial charge in [-0.3, -0.25) is 0 Å². The number of aromatic nitrogens is 2. The van der Waals surface area contributed by atoms with E-state index in [1.54, 1.807) is 0 Å². The van der Waals surface area contributed by atoms with E-state index in [1.165, 1.54) is 17.7 Å². The molecule has 2 N–H and O–H groups in total. The van der Waals surface area contributed by atoms with Crippen molar-refractivity contribution in [1.82, 2.24) is 10.2 Å². The standard InChI is InChI=1S/C12H18N4/c1-8-2-3-11-9(4-8)5-12(15-14-11)16-6-10(13)7-16/h5,8,10H,2-4,6-7,13H2,1H3/t8-/m0/s1. The Hall–Kier alpha value is -1.16. The van der Waals surface area contributed by atoms with E-state index in [0.29, 0.717) is 6.04 Å². The quantitative estimate of drug-likeness (QED) is 0.755. The van der Waals surface area contributed by atoms with Gasteiger partial charge >= 0.3 is 0 Å². The zero-order chi connectivity index (χ0) is 11.1. The number of anilines is 1. The first-order chi connectivity index (χ1) is 7.72. The molecular weight excluding hydrogens is 200 g/mol. The van der Waals surface area contributed by atoms with Crippen LogP contribution in [-0.2, 0) is 12.8 Å². The lowest BCUT2D eigenvalue weighted by atomic mass is 9.88. The summed E-state index contributed by atoms with van der Waals surface area (Å²) in [7, 11) is 0. The minimum absolute atomic E-state index is 0.316. The van der Waals surface area contributed by atoms with Gasteiger partial charge in [-0.1, -0.05) is 6.92 Å². The molecule has 1 saturated heterocycles. The average molecular weight is 218 g/mol. The number of rotatable bonds is 1. The average Bonchev–Trinajstić information content (AvgIpc) is 2.24. The van der Waals surface area contributed by atoms with E-state index in [4.69, 9.17) is 5.73 Å². The summed E-state index contributed by atoms with van der Waals surface area (Å²) in [5.41, 5.74) is 8.37. The summed E-state index contributed by atoms with van der Waals surface area (Å²) in [4.78, 5) is 2.21. The molecule has 0 bridgehead atoms. The molecule has 3 rings (SSSR count). The van der Waals surface area contributed by atoms with Gasteiger partial charge < -0.3 is 10.6 Å². The summed E-state index contributed by atoms with van der Waals surface area (Å²) >= 11 is 0. The van der Waals surface area contributed by atoms with Crippen molar-refractivity contribution in [2.75, 3.05) is 18.0 Å². The van der Waals surface area contributed by atoms with Gasteiger partial charge in [-0.2, -0.15) is 5.10 Å². The Morgan fingerprint density at radius 3 is 2.94 bits per heavy atom. The van der Waals surface area contributed by atoms with E-state index < -0.39 is 0 Å². The molecule has 1 aromatic rings. The highest BCUT2D eigenvalue weighted by atomic mass is 15.3. The third kappa shape index (κ3) is 1.67. The maximum absolute atomic E-state index is 5.78. The van der Waals surface area contributed by atoms with Gasteiger partial charge in [0, 0.05) is 19.1 Å². The van der Waals surface area contributed by atoms with Crippen LogP contribution in [-0.4, -0.2) is 29.3 Å². The van der Waals surface area contributed by atoms with Crippen LogP contribution >= 0.6 is 0 Å². The van der Waals surface area contributed by atoms with Crippen LogP contribution in [0.1, 0.15) is 24.6 Å². The first-order valence-electron chi connectivity index (χ1n) is 6.08. The summed E-state index contributed by atoms with van der Waals surface area (Å²) < 4.78 is 0. The van der Waals surface area contributed by atoms with Crippen molar-refractivity contribution < 1.29 is 0 Å². The summed E-state index contributed by atoms with van der Waals surface area (Å²) in [6.45, 7) is 4.15. The second kappa shape index (κ2) is 3.70. The van der Waals surface area contributed by atoms with Gasteiger partial charge in [0.25, 0.3) is 0 Å². The molecule has 0 aromatic carbocycles. The number of nitrogens with two attached hydrogens (primary N) is 1. The molecule has 2 heterocycles. The van der Waals surface area contributed by atoms with E-state index in [-0.39, 0.29) is 0 Å². The largest absolute Gasteiger partial charge is 0.352 e. The van der Waals surface area contributed by atoms with Gasteiger partial charge in [-0.15, -0.1) is 5.10 Å². The number of fused-ring (bicyclic) bond motifs is 1. The molecule has 1 aliphatic carbocycles. The van der Waals surface area contributed by atoms with Crippen molar-refractivity contribution in [2.45, 2.75) is 32.2 Å². The lowest BCUT2D eigenvalue weighted by molar-refractivity contribution is 0.483.